The summed E-state index contributed by atoms with van der Waals surface area (Å²) in [5.41, 5.74) is 1.20. The van der Waals surface area contributed by atoms with Crippen molar-refractivity contribution < 1.29 is 24.5 Å². The van der Waals surface area contributed by atoms with Crippen LogP contribution >= 0.6 is 0 Å². The molecule has 0 bridgehead atoms. The number of allylic oxidation sites excluding steroid dienone is 2. The van der Waals surface area contributed by atoms with E-state index in [0.29, 0.717) is 23.4 Å². The number of amides is 1. The molecular formula is C24H31N3O5. The number of aliphatic carboxylic acids is 1. The van der Waals surface area contributed by atoms with Crippen molar-refractivity contribution >= 4 is 11.9 Å². The number of nitrogens with one attached hydrogen (secondary N) is 1. The number of aromatic hydroxyl groups is 1. The zero-order valence-electron chi connectivity index (χ0n) is 18.7. The van der Waals surface area contributed by atoms with Crippen LogP contribution in [0, 0.1) is 5.92 Å². The second-order valence-electron chi connectivity index (χ2n) is 8.54. The highest BCUT2D eigenvalue weighted by Gasteiger charge is 2.26. The Morgan fingerprint density at radius 1 is 1.34 bits per heavy atom. The van der Waals surface area contributed by atoms with E-state index < -0.39 is 17.9 Å². The molecule has 0 spiro atoms. The van der Waals surface area contributed by atoms with Gasteiger partial charge in [-0.05, 0) is 49.8 Å². The molecule has 0 radical (unpaired) electrons. The van der Waals surface area contributed by atoms with E-state index in [9.17, 15) is 19.8 Å². The van der Waals surface area contributed by atoms with E-state index in [1.54, 1.807) is 28.9 Å². The first-order chi connectivity index (χ1) is 15.3. The van der Waals surface area contributed by atoms with E-state index in [0.717, 1.165) is 19.3 Å². The van der Waals surface area contributed by atoms with Crippen molar-refractivity contribution in [1.29, 1.82) is 0 Å². The second kappa shape index (κ2) is 10.3. The van der Waals surface area contributed by atoms with Gasteiger partial charge in [0.2, 0.25) is 0 Å². The molecule has 2 aromatic rings. The number of phenolic OH excluding ortho intramolecular Hbond substituents is 1. The number of ether oxygens (including phenoxy) is 1. The second-order valence-corrected chi connectivity index (χ2v) is 8.54. The molecule has 0 saturated heterocycles. The summed E-state index contributed by atoms with van der Waals surface area (Å²) in [5.74, 6) is -0.674. The highest BCUT2D eigenvalue weighted by atomic mass is 16.5. The number of methoxy groups -OCH3 is 1. The quantitative estimate of drug-likeness (QED) is 0.504. The fourth-order valence-electron chi connectivity index (χ4n) is 4.12. The Morgan fingerprint density at radius 2 is 2.12 bits per heavy atom. The number of benzene rings is 1. The molecule has 1 aromatic heterocycles. The fraction of sp³-hybridized carbons (Fsp3) is 0.458. The van der Waals surface area contributed by atoms with Gasteiger partial charge in [0.25, 0.3) is 5.91 Å². The molecule has 32 heavy (non-hydrogen) atoms. The smallest absolute Gasteiger partial charge is 0.305 e. The molecule has 3 rings (SSSR count). The lowest BCUT2D eigenvalue weighted by molar-refractivity contribution is -0.137. The maximum absolute atomic E-state index is 13.0. The van der Waals surface area contributed by atoms with Crippen LogP contribution in [0.4, 0.5) is 0 Å². The summed E-state index contributed by atoms with van der Waals surface area (Å²) in [6.45, 7) is 3.96. The van der Waals surface area contributed by atoms with E-state index in [4.69, 9.17) is 4.74 Å². The number of phenols is 1. The number of nitrogens with zero attached hydrogens (tertiary/aromatic N) is 2. The summed E-state index contributed by atoms with van der Waals surface area (Å²) >= 11 is 0. The normalized spacial score (nSPS) is 16.7. The molecule has 1 unspecified atom stereocenters. The summed E-state index contributed by atoms with van der Waals surface area (Å²) in [4.78, 5) is 24.3. The first-order valence-corrected chi connectivity index (χ1v) is 10.9. The van der Waals surface area contributed by atoms with E-state index in [1.807, 2.05) is 13.8 Å². The molecule has 0 aliphatic heterocycles. The molecule has 8 nitrogen and oxygen atoms in total. The number of carboxylic acid groups (broad SMARTS) is 1. The zero-order chi connectivity index (χ0) is 23.3. The number of aromatic nitrogens is 2. The van der Waals surface area contributed by atoms with Crippen molar-refractivity contribution in [2.45, 2.75) is 58.0 Å². The van der Waals surface area contributed by atoms with Crippen LogP contribution in [-0.4, -0.2) is 45.0 Å². The van der Waals surface area contributed by atoms with Crippen molar-refractivity contribution in [2.75, 3.05) is 7.11 Å². The van der Waals surface area contributed by atoms with Crippen molar-refractivity contribution in [3.63, 3.8) is 0 Å². The van der Waals surface area contributed by atoms with E-state index in [2.05, 4.69) is 22.6 Å². The Morgan fingerprint density at radius 3 is 2.75 bits per heavy atom. The van der Waals surface area contributed by atoms with Gasteiger partial charge in [0.05, 0.1) is 30.8 Å². The van der Waals surface area contributed by atoms with Gasteiger partial charge in [-0.1, -0.05) is 32.1 Å². The van der Waals surface area contributed by atoms with Gasteiger partial charge in [0, 0.05) is 6.04 Å². The van der Waals surface area contributed by atoms with Gasteiger partial charge in [-0.15, -0.1) is 0 Å². The molecule has 1 aromatic carbocycles. The molecule has 172 valence electrons. The summed E-state index contributed by atoms with van der Waals surface area (Å²) in [6, 6.07) is 6.07. The predicted molar refractivity (Wildman–Crippen MR) is 121 cm³/mol. The Kier molecular flexibility index (Phi) is 7.56. The van der Waals surface area contributed by atoms with Crippen LogP contribution in [0.25, 0.3) is 11.3 Å². The van der Waals surface area contributed by atoms with Gasteiger partial charge in [-0.25, -0.2) is 0 Å². The Hall–Kier alpha value is -3.29. The highest BCUT2D eigenvalue weighted by Crippen LogP contribution is 2.40. The van der Waals surface area contributed by atoms with Gasteiger partial charge < -0.3 is 20.3 Å². The van der Waals surface area contributed by atoms with Gasteiger partial charge >= 0.3 is 5.97 Å². The van der Waals surface area contributed by atoms with Gasteiger partial charge in [-0.3, -0.25) is 14.3 Å². The van der Waals surface area contributed by atoms with E-state index in [1.165, 1.54) is 7.11 Å². The molecule has 0 saturated carbocycles. The van der Waals surface area contributed by atoms with E-state index >= 15 is 0 Å². The average molecular weight is 442 g/mol. The Bertz CT molecular complexity index is 996. The number of carboxylic acids is 1. The van der Waals surface area contributed by atoms with Crippen LogP contribution in [-0.2, 0) is 4.79 Å². The number of carbonyl (C=O) groups is 2. The molecule has 1 amide bonds. The minimum atomic E-state index is -0.964. The molecule has 8 heteroatoms. The third-order valence-corrected chi connectivity index (χ3v) is 5.50. The molecule has 1 aliphatic carbocycles. The SMILES string of the molecule is COc1cccc(O)c1-c1cc(C(=O)N[C@H](CC(=O)O)CC(C)C)nn1C1C=CCCC1. The van der Waals surface area contributed by atoms with Crippen molar-refractivity contribution in [2.24, 2.45) is 5.92 Å². The van der Waals surface area contributed by atoms with Gasteiger partial charge in [0.15, 0.2) is 5.69 Å². The van der Waals surface area contributed by atoms with Crippen LogP contribution in [0.1, 0.15) is 62.5 Å². The minimum absolute atomic E-state index is 0.0285. The molecule has 3 N–H and O–H groups in total. The molecule has 0 fully saturated rings. The Labute approximate surface area is 187 Å². The number of carbonyl (C=O) groups excluding carboxylic acids is 1. The summed E-state index contributed by atoms with van der Waals surface area (Å²) < 4.78 is 7.21. The third-order valence-electron chi connectivity index (χ3n) is 5.50. The van der Waals surface area contributed by atoms with Crippen molar-refractivity contribution in [3.8, 4) is 22.8 Å². The van der Waals surface area contributed by atoms with Crippen LogP contribution in [0.3, 0.4) is 0 Å². The molecule has 1 heterocycles. The predicted octanol–water partition coefficient (Wildman–Crippen LogP) is 4.16. The van der Waals surface area contributed by atoms with Gasteiger partial charge in [-0.2, -0.15) is 5.10 Å². The standard InChI is InChI=1S/C24H31N3O5/c1-15(2)12-16(13-22(29)30)25-24(31)18-14-19(23-20(28)10-7-11-21(23)32-3)27(26-18)17-8-5-4-6-9-17/h5,7-8,10-11,14-17,28H,4,6,9,12-13H2,1-3H3,(H,25,31)(H,29,30)/t16-,17?/m0/s1. The summed E-state index contributed by atoms with van der Waals surface area (Å²) in [5, 5.41) is 27.2. The largest absolute Gasteiger partial charge is 0.507 e. The zero-order valence-corrected chi connectivity index (χ0v) is 18.7. The molecule has 2 atom stereocenters. The van der Waals surface area contributed by atoms with Crippen LogP contribution in [0.5, 0.6) is 11.5 Å². The highest BCUT2D eigenvalue weighted by molar-refractivity contribution is 5.94. The maximum atomic E-state index is 13.0. The lowest BCUT2D eigenvalue weighted by Gasteiger charge is -2.21. The lowest BCUT2D eigenvalue weighted by atomic mass is 10.0. The topological polar surface area (TPSA) is 114 Å². The first kappa shape index (κ1) is 23.4. The number of hydrogen-bond acceptors (Lipinski definition) is 5. The maximum Gasteiger partial charge on any atom is 0.305 e. The van der Waals surface area contributed by atoms with Crippen molar-refractivity contribution in [3.05, 3.63) is 42.1 Å². The third kappa shape index (κ3) is 5.49. The average Bonchev–Trinajstić information content (AvgIpc) is 3.18. The van der Waals surface area contributed by atoms with Crippen LogP contribution in [0.2, 0.25) is 0 Å². The lowest BCUT2D eigenvalue weighted by Crippen LogP contribution is -2.37. The summed E-state index contributed by atoms with van der Waals surface area (Å²) in [7, 11) is 1.52. The van der Waals surface area contributed by atoms with Crippen molar-refractivity contribution in [1.82, 2.24) is 15.1 Å². The molecule has 1 aliphatic rings. The van der Waals surface area contributed by atoms with Gasteiger partial charge in [0.1, 0.15) is 11.5 Å². The first-order valence-electron chi connectivity index (χ1n) is 10.9. The van der Waals surface area contributed by atoms with Crippen LogP contribution in [0.15, 0.2) is 36.4 Å². The minimum Gasteiger partial charge on any atom is -0.507 e. The number of hydrogen-bond donors (Lipinski definition) is 3. The monoisotopic (exact) mass is 441 g/mol. The van der Waals surface area contributed by atoms with E-state index in [-0.39, 0.29) is 29.8 Å². The Balaban J connectivity index is 2.01. The fourth-order valence-corrected chi connectivity index (χ4v) is 4.12. The molecular weight excluding hydrogens is 410 g/mol. The summed E-state index contributed by atoms with van der Waals surface area (Å²) in [6.07, 6.45) is 7.38. The number of rotatable bonds is 9. The van der Waals surface area contributed by atoms with Crippen LogP contribution < -0.4 is 10.1 Å².